The maximum absolute atomic E-state index is 13.1. The molecule has 0 bridgehead atoms. The Labute approximate surface area is 209 Å². The molecular formula is C29H23ClN2O3. The van der Waals surface area contributed by atoms with E-state index in [1.54, 1.807) is 48.5 Å². The van der Waals surface area contributed by atoms with Crippen molar-refractivity contribution in [1.82, 2.24) is 0 Å². The van der Waals surface area contributed by atoms with Crippen molar-refractivity contribution in [3.63, 3.8) is 0 Å². The van der Waals surface area contributed by atoms with E-state index in [1.165, 1.54) is 0 Å². The Morgan fingerprint density at radius 1 is 1.00 bits per heavy atom. The quantitative estimate of drug-likeness (QED) is 0.264. The number of hydrogen-bond donors (Lipinski definition) is 0. The molecule has 3 aromatic carbocycles. The molecule has 0 saturated heterocycles. The molecular weight excluding hydrogens is 460 g/mol. The number of hydrogen-bond acceptors (Lipinski definition) is 5. The minimum Gasteiger partial charge on any atom is -0.457 e. The van der Waals surface area contributed by atoms with Gasteiger partial charge < -0.3 is 9.47 Å². The number of esters is 1. The highest BCUT2D eigenvalue weighted by molar-refractivity contribution is 6.30. The van der Waals surface area contributed by atoms with Crippen molar-refractivity contribution in [2.24, 2.45) is 17.3 Å². The summed E-state index contributed by atoms with van der Waals surface area (Å²) in [6.07, 6.45) is 0.755. The highest BCUT2D eigenvalue weighted by Gasteiger charge is 2.62. The SMILES string of the molecule is CC1(C)C(C=C(C#N)c2ccccc2)C1C(=O)OC(C#N)c1cccc(Oc2ccc(Cl)cc2)c1. The number of benzene rings is 3. The summed E-state index contributed by atoms with van der Waals surface area (Å²) in [5.41, 5.74) is 1.45. The second-order valence-corrected chi connectivity index (χ2v) is 9.39. The Bertz CT molecular complexity index is 1330. The first-order chi connectivity index (χ1) is 16.8. The zero-order valence-electron chi connectivity index (χ0n) is 19.3. The van der Waals surface area contributed by atoms with Crippen LogP contribution in [0.4, 0.5) is 0 Å². The molecule has 1 fully saturated rings. The smallest absolute Gasteiger partial charge is 0.311 e. The molecule has 0 heterocycles. The van der Waals surface area contributed by atoms with Crippen LogP contribution in [0.25, 0.3) is 5.57 Å². The van der Waals surface area contributed by atoms with E-state index in [9.17, 15) is 15.3 Å². The second kappa shape index (κ2) is 10.1. The third-order valence-corrected chi connectivity index (χ3v) is 6.53. The zero-order valence-corrected chi connectivity index (χ0v) is 20.1. The summed E-state index contributed by atoms with van der Waals surface area (Å²) in [6, 6.07) is 27.5. The molecule has 1 saturated carbocycles. The van der Waals surface area contributed by atoms with Crippen LogP contribution < -0.4 is 4.74 Å². The third-order valence-electron chi connectivity index (χ3n) is 6.28. The van der Waals surface area contributed by atoms with Crippen LogP contribution in [0.3, 0.4) is 0 Å². The molecule has 0 aliphatic heterocycles. The average Bonchev–Trinajstić information content (AvgIpc) is 3.42. The molecule has 1 aliphatic carbocycles. The van der Waals surface area contributed by atoms with E-state index < -0.39 is 18.0 Å². The summed E-state index contributed by atoms with van der Waals surface area (Å²) < 4.78 is 11.5. The molecule has 3 aromatic rings. The first-order valence-electron chi connectivity index (χ1n) is 11.1. The summed E-state index contributed by atoms with van der Waals surface area (Å²) in [6.45, 7) is 3.92. The van der Waals surface area contributed by atoms with Gasteiger partial charge in [0.25, 0.3) is 0 Å². The monoisotopic (exact) mass is 482 g/mol. The average molecular weight is 483 g/mol. The van der Waals surface area contributed by atoms with Gasteiger partial charge in [0.05, 0.1) is 17.6 Å². The van der Waals surface area contributed by atoms with Crippen molar-refractivity contribution in [3.05, 3.63) is 101 Å². The van der Waals surface area contributed by atoms with E-state index in [0.29, 0.717) is 27.7 Å². The third kappa shape index (κ3) is 5.38. The number of rotatable bonds is 7. The molecule has 0 aromatic heterocycles. The van der Waals surface area contributed by atoms with Gasteiger partial charge in [-0.25, -0.2) is 0 Å². The number of nitrogens with zero attached hydrogens (tertiary/aromatic N) is 2. The number of halogens is 1. The van der Waals surface area contributed by atoms with Crippen LogP contribution in [0.1, 0.15) is 31.1 Å². The largest absolute Gasteiger partial charge is 0.457 e. The highest BCUT2D eigenvalue weighted by Crippen LogP contribution is 2.60. The fourth-order valence-corrected chi connectivity index (χ4v) is 4.30. The van der Waals surface area contributed by atoms with Gasteiger partial charge in [-0.05, 0) is 53.3 Å². The van der Waals surface area contributed by atoms with Crippen LogP contribution in [0, 0.1) is 39.9 Å². The van der Waals surface area contributed by atoms with Crippen molar-refractivity contribution >= 4 is 23.1 Å². The van der Waals surface area contributed by atoms with Crippen molar-refractivity contribution < 1.29 is 14.3 Å². The lowest BCUT2D eigenvalue weighted by Crippen LogP contribution is -2.14. The molecule has 0 N–H and O–H groups in total. The molecule has 5 nitrogen and oxygen atoms in total. The van der Waals surface area contributed by atoms with Crippen LogP contribution in [0.5, 0.6) is 11.5 Å². The highest BCUT2D eigenvalue weighted by atomic mass is 35.5. The predicted octanol–water partition coefficient (Wildman–Crippen LogP) is 7.12. The molecule has 1 aliphatic rings. The summed E-state index contributed by atoms with van der Waals surface area (Å²) >= 11 is 5.92. The number of nitriles is 2. The molecule has 0 amide bonds. The van der Waals surface area contributed by atoms with Gasteiger partial charge in [-0.2, -0.15) is 10.5 Å². The van der Waals surface area contributed by atoms with Gasteiger partial charge >= 0.3 is 5.97 Å². The van der Waals surface area contributed by atoms with E-state index in [1.807, 2.05) is 50.3 Å². The Kier molecular flexibility index (Phi) is 6.92. The van der Waals surface area contributed by atoms with Crippen LogP contribution in [-0.4, -0.2) is 5.97 Å². The van der Waals surface area contributed by atoms with Gasteiger partial charge in [0.15, 0.2) is 0 Å². The number of carbonyl (C=O) groups excluding carboxylic acids is 1. The van der Waals surface area contributed by atoms with Gasteiger partial charge in [-0.15, -0.1) is 0 Å². The lowest BCUT2D eigenvalue weighted by molar-refractivity contribution is -0.149. The fourth-order valence-electron chi connectivity index (χ4n) is 4.17. The van der Waals surface area contributed by atoms with Gasteiger partial charge in [-0.3, -0.25) is 4.79 Å². The topological polar surface area (TPSA) is 83.1 Å². The van der Waals surface area contributed by atoms with Crippen molar-refractivity contribution in [2.45, 2.75) is 20.0 Å². The van der Waals surface area contributed by atoms with Crippen molar-refractivity contribution in [1.29, 1.82) is 10.5 Å². The Morgan fingerprint density at radius 3 is 2.37 bits per heavy atom. The van der Waals surface area contributed by atoms with E-state index in [0.717, 1.165) is 5.56 Å². The first kappa shape index (κ1) is 24.1. The Hall–Kier alpha value is -4.06. The molecule has 35 heavy (non-hydrogen) atoms. The maximum atomic E-state index is 13.1. The molecule has 4 rings (SSSR count). The van der Waals surface area contributed by atoms with E-state index in [4.69, 9.17) is 21.1 Å². The second-order valence-electron chi connectivity index (χ2n) is 8.96. The molecule has 6 heteroatoms. The number of carbonyl (C=O) groups is 1. The maximum Gasteiger partial charge on any atom is 0.311 e. The molecule has 3 unspecified atom stereocenters. The Balaban J connectivity index is 1.48. The molecule has 0 spiro atoms. The van der Waals surface area contributed by atoms with Crippen molar-refractivity contribution in [3.8, 4) is 23.6 Å². The van der Waals surface area contributed by atoms with Crippen LogP contribution >= 0.6 is 11.6 Å². The van der Waals surface area contributed by atoms with Crippen LogP contribution in [0.15, 0.2) is 84.9 Å². The predicted molar refractivity (Wildman–Crippen MR) is 133 cm³/mol. The lowest BCUT2D eigenvalue weighted by Gasteiger charge is -2.13. The van der Waals surface area contributed by atoms with Gasteiger partial charge in [0, 0.05) is 10.6 Å². The van der Waals surface area contributed by atoms with E-state index in [2.05, 4.69) is 12.1 Å². The van der Waals surface area contributed by atoms with Crippen LogP contribution in [0.2, 0.25) is 5.02 Å². The van der Waals surface area contributed by atoms with Crippen LogP contribution in [-0.2, 0) is 9.53 Å². The normalized spacial score (nSPS) is 19.1. The minimum atomic E-state index is -1.08. The number of allylic oxidation sites excluding steroid dienone is 2. The standard InChI is InChI=1S/C29H23ClN2O3/c1-29(2)25(16-21(17-31)19-7-4-3-5-8-19)27(29)28(33)35-26(18-32)20-9-6-10-24(15-20)34-23-13-11-22(30)12-14-23/h3-16,25-27H,1-2H3. The lowest BCUT2D eigenvalue weighted by atomic mass is 10.0. The summed E-state index contributed by atoms with van der Waals surface area (Å²) in [7, 11) is 0. The molecule has 0 radical (unpaired) electrons. The molecule has 3 atom stereocenters. The fraction of sp³-hybridized carbons (Fsp3) is 0.207. The summed E-state index contributed by atoms with van der Waals surface area (Å²) in [5, 5.41) is 20.0. The van der Waals surface area contributed by atoms with Gasteiger partial charge in [0.1, 0.15) is 17.6 Å². The van der Waals surface area contributed by atoms with Gasteiger partial charge in [-0.1, -0.05) is 74.0 Å². The summed E-state index contributed by atoms with van der Waals surface area (Å²) in [4.78, 5) is 13.1. The Morgan fingerprint density at radius 2 is 1.71 bits per heavy atom. The molecule has 174 valence electrons. The summed E-state index contributed by atoms with van der Waals surface area (Å²) in [5.74, 6) is 0.0354. The minimum absolute atomic E-state index is 0.163. The zero-order chi connectivity index (χ0) is 25.0. The van der Waals surface area contributed by atoms with Gasteiger partial charge in [0.2, 0.25) is 6.10 Å². The van der Waals surface area contributed by atoms with Crippen molar-refractivity contribution in [2.75, 3.05) is 0 Å². The van der Waals surface area contributed by atoms with E-state index >= 15 is 0 Å². The first-order valence-corrected chi connectivity index (χ1v) is 11.5. The number of ether oxygens (including phenoxy) is 2. The van der Waals surface area contributed by atoms with E-state index in [-0.39, 0.29) is 11.3 Å².